The van der Waals surface area contributed by atoms with E-state index in [0.29, 0.717) is 0 Å². The van der Waals surface area contributed by atoms with Crippen LogP contribution < -0.4 is 5.32 Å². The minimum atomic E-state index is -5.39. The molecule has 0 bridgehead atoms. The highest BCUT2D eigenvalue weighted by Crippen LogP contribution is 2.32. The van der Waals surface area contributed by atoms with Crippen molar-refractivity contribution in [3.05, 3.63) is 0 Å². The molecule has 10 atom stereocenters. The zero-order valence-electron chi connectivity index (χ0n) is 17.2. The lowest BCUT2D eigenvalue weighted by molar-refractivity contribution is -0.341. The van der Waals surface area contributed by atoms with Gasteiger partial charge in [0.15, 0.2) is 12.6 Å². The maximum atomic E-state index is 11.4. The van der Waals surface area contributed by atoms with Crippen LogP contribution in [0.25, 0.3) is 0 Å². The monoisotopic (exact) mass is 543 g/mol. The van der Waals surface area contributed by atoms with E-state index in [-0.39, 0.29) is 0 Å². The van der Waals surface area contributed by atoms with Crippen molar-refractivity contribution in [1.82, 2.24) is 5.32 Å². The van der Waals surface area contributed by atoms with Crippen LogP contribution in [0.1, 0.15) is 6.92 Å². The Morgan fingerprint density at radius 1 is 0.853 bits per heavy atom. The second-order valence-electron chi connectivity index (χ2n) is 7.26. The maximum absolute atomic E-state index is 11.4. The van der Waals surface area contributed by atoms with Crippen molar-refractivity contribution in [3.63, 3.8) is 0 Å². The predicted octanol–water partition coefficient (Wildman–Crippen LogP) is -5.60. The first-order valence-electron chi connectivity index (χ1n) is 9.38. The lowest BCUT2D eigenvalue weighted by Gasteiger charge is -2.46. The Kier molecular flexibility index (Phi) is 9.68. The van der Waals surface area contributed by atoms with Crippen LogP contribution in [0.15, 0.2) is 0 Å². The van der Waals surface area contributed by atoms with Crippen molar-refractivity contribution in [2.75, 3.05) is 13.2 Å². The van der Waals surface area contributed by atoms with Crippen LogP contribution in [-0.4, -0.2) is 132 Å². The number of hydrogen-bond acceptors (Lipinski definition) is 15. The molecule has 2 heterocycles. The van der Waals surface area contributed by atoms with Gasteiger partial charge in [0.2, 0.25) is 5.91 Å². The summed E-state index contributed by atoms with van der Waals surface area (Å²) < 4.78 is 86.7. The van der Waals surface area contributed by atoms with Gasteiger partial charge in [-0.2, -0.15) is 16.8 Å². The number of rotatable bonds is 9. The van der Waals surface area contributed by atoms with E-state index in [2.05, 4.69) is 13.7 Å². The molecule has 2 aliphatic heterocycles. The molecule has 1 amide bonds. The van der Waals surface area contributed by atoms with E-state index < -0.39 is 101 Å². The van der Waals surface area contributed by atoms with E-state index in [1.54, 1.807) is 0 Å². The SMILES string of the molecule is CC(=O)N[C@@H]1[C@@H](O)[C@H](O[C@@H]2O[C@H](CO)[C@H](OS(=O)(=O)O)[C@H](OS(=O)(=O)O)[C@H]2O)[C@@H](CO)O[C@H]1O. The molecule has 0 radical (unpaired) electrons. The molecule has 0 aromatic rings. The van der Waals surface area contributed by atoms with Crippen LogP contribution in [-0.2, 0) is 48.2 Å². The van der Waals surface area contributed by atoms with E-state index in [1.165, 1.54) is 0 Å². The normalized spacial score (nSPS) is 39.5. The minimum Gasteiger partial charge on any atom is -0.394 e. The summed E-state index contributed by atoms with van der Waals surface area (Å²) in [5.74, 6) is -0.700. The third kappa shape index (κ3) is 7.44. The number of amides is 1. The summed E-state index contributed by atoms with van der Waals surface area (Å²) in [4.78, 5) is 11.4. The summed E-state index contributed by atoms with van der Waals surface area (Å²) in [5.41, 5.74) is 0. The van der Waals surface area contributed by atoms with Crippen molar-refractivity contribution >= 4 is 26.7 Å². The lowest BCUT2D eigenvalue weighted by atomic mass is 9.95. The summed E-state index contributed by atoms with van der Waals surface area (Å²) >= 11 is 0. The topological polar surface area (TPSA) is 285 Å². The van der Waals surface area contributed by atoms with Gasteiger partial charge in [-0.1, -0.05) is 0 Å². The Morgan fingerprint density at radius 2 is 1.35 bits per heavy atom. The predicted molar refractivity (Wildman–Crippen MR) is 101 cm³/mol. The van der Waals surface area contributed by atoms with Crippen LogP contribution >= 0.6 is 0 Å². The lowest BCUT2D eigenvalue weighted by Crippen LogP contribution is -2.67. The quantitative estimate of drug-likeness (QED) is 0.126. The Hall–Kier alpha value is -1.11. The number of ether oxygens (including phenoxy) is 3. The van der Waals surface area contributed by atoms with E-state index in [9.17, 15) is 47.2 Å². The van der Waals surface area contributed by atoms with Gasteiger partial charge < -0.3 is 45.1 Å². The van der Waals surface area contributed by atoms with Crippen LogP contribution in [0.2, 0.25) is 0 Å². The van der Waals surface area contributed by atoms with Gasteiger partial charge in [-0.3, -0.25) is 13.9 Å². The molecule has 0 aliphatic carbocycles. The summed E-state index contributed by atoms with van der Waals surface area (Å²) in [5, 5.41) is 52.3. The van der Waals surface area contributed by atoms with Crippen LogP contribution in [0.5, 0.6) is 0 Å². The Balaban J connectivity index is 2.36. The third-order valence-corrected chi connectivity index (χ3v) is 5.72. The standard InChI is InChI=1S/C14H25NO17S2/c1-4(18)15-7-8(19)10(5(2-16)28-13(7)21)30-14-9(20)12(32-34(25,26)27)11(6(3-17)29-14)31-33(22,23)24/h5-14,16-17,19-21H,2-3H2,1H3,(H,15,18)(H,22,23,24)(H,25,26,27)/t5-,6-,7-,8-,9-,10-,11+,12-,13-,14+/m1/s1. The van der Waals surface area contributed by atoms with Gasteiger partial charge in [0.05, 0.1) is 13.2 Å². The molecular weight excluding hydrogens is 518 g/mol. The third-order valence-electron chi connectivity index (χ3n) is 4.79. The average molecular weight is 543 g/mol. The number of nitrogens with one attached hydrogen (secondary N) is 1. The molecule has 2 rings (SSSR count). The van der Waals surface area contributed by atoms with Crippen molar-refractivity contribution in [2.45, 2.75) is 68.3 Å². The number of aliphatic hydroxyl groups excluding tert-OH is 5. The Morgan fingerprint density at radius 3 is 1.82 bits per heavy atom. The van der Waals surface area contributed by atoms with Crippen molar-refractivity contribution < 1.29 is 78.8 Å². The van der Waals surface area contributed by atoms with Gasteiger partial charge in [0, 0.05) is 6.92 Å². The minimum absolute atomic E-state index is 0.700. The fourth-order valence-corrected chi connectivity index (χ4v) is 4.47. The van der Waals surface area contributed by atoms with Gasteiger partial charge in [-0.25, -0.2) is 8.37 Å². The molecule has 0 unspecified atom stereocenters. The van der Waals surface area contributed by atoms with Crippen LogP contribution in [0.4, 0.5) is 0 Å². The van der Waals surface area contributed by atoms with E-state index in [0.717, 1.165) is 6.92 Å². The van der Waals surface area contributed by atoms with Crippen LogP contribution in [0, 0.1) is 0 Å². The van der Waals surface area contributed by atoms with Crippen molar-refractivity contribution in [2.24, 2.45) is 0 Å². The molecule has 20 heteroatoms. The van der Waals surface area contributed by atoms with Crippen molar-refractivity contribution in [1.29, 1.82) is 0 Å². The molecule has 2 aliphatic rings. The Bertz CT molecular complexity index is 911. The van der Waals surface area contributed by atoms with E-state index in [1.807, 2.05) is 0 Å². The zero-order valence-corrected chi connectivity index (χ0v) is 18.9. The zero-order chi connectivity index (χ0) is 26.0. The summed E-state index contributed by atoms with van der Waals surface area (Å²) in [6.45, 7) is -0.949. The average Bonchev–Trinajstić information content (AvgIpc) is 2.69. The van der Waals surface area contributed by atoms with E-state index in [4.69, 9.17) is 23.3 Å². The number of carbonyl (C=O) groups is 1. The fraction of sp³-hybridized carbons (Fsp3) is 0.929. The summed E-state index contributed by atoms with van der Waals surface area (Å²) in [6.07, 6.45) is -17.7. The molecule has 2 fully saturated rings. The molecule has 8 N–H and O–H groups in total. The van der Waals surface area contributed by atoms with Gasteiger partial charge in [-0.15, -0.1) is 0 Å². The number of hydrogen-bond donors (Lipinski definition) is 8. The molecule has 0 aromatic carbocycles. The molecule has 0 saturated carbocycles. The second-order valence-corrected chi connectivity index (χ2v) is 9.35. The first-order valence-corrected chi connectivity index (χ1v) is 12.1. The molecule has 200 valence electrons. The molecule has 18 nitrogen and oxygen atoms in total. The maximum Gasteiger partial charge on any atom is 0.397 e. The smallest absolute Gasteiger partial charge is 0.394 e. The number of aliphatic hydroxyl groups is 5. The molecule has 0 spiro atoms. The van der Waals surface area contributed by atoms with Gasteiger partial charge in [0.1, 0.15) is 48.8 Å². The highest BCUT2D eigenvalue weighted by molar-refractivity contribution is 7.81. The van der Waals surface area contributed by atoms with Gasteiger partial charge in [0.25, 0.3) is 0 Å². The van der Waals surface area contributed by atoms with Gasteiger partial charge in [-0.05, 0) is 0 Å². The molecular formula is C14H25NO17S2. The highest BCUT2D eigenvalue weighted by atomic mass is 32.3. The first-order chi connectivity index (χ1) is 15.6. The first kappa shape index (κ1) is 29.1. The van der Waals surface area contributed by atoms with E-state index >= 15 is 0 Å². The largest absolute Gasteiger partial charge is 0.397 e. The number of carbonyl (C=O) groups excluding carboxylic acids is 1. The second kappa shape index (κ2) is 11.3. The van der Waals surface area contributed by atoms with Crippen LogP contribution in [0.3, 0.4) is 0 Å². The summed E-state index contributed by atoms with van der Waals surface area (Å²) in [6, 6.07) is -1.50. The molecule has 34 heavy (non-hydrogen) atoms. The molecule has 0 aromatic heterocycles. The van der Waals surface area contributed by atoms with Crippen molar-refractivity contribution in [3.8, 4) is 0 Å². The highest BCUT2D eigenvalue weighted by Gasteiger charge is 2.54. The fourth-order valence-electron chi connectivity index (χ4n) is 3.46. The Labute approximate surface area is 192 Å². The summed E-state index contributed by atoms with van der Waals surface area (Å²) in [7, 11) is -10.7. The molecule has 2 saturated heterocycles. The van der Waals surface area contributed by atoms with Gasteiger partial charge >= 0.3 is 20.8 Å².